The van der Waals surface area contributed by atoms with Gasteiger partial charge in [0.2, 0.25) is 0 Å². The predicted molar refractivity (Wildman–Crippen MR) is 81.0 cm³/mol. The van der Waals surface area contributed by atoms with Crippen LogP contribution in [0, 0.1) is 0 Å². The minimum absolute atomic E-state index is 0.0204. The van der Waals surface area contributed by atoms with Crippen molar-refractivity contribution in [3.05, 3.63) is 28.8 Å². The first-order valence-electron chi connectivity index (χ1n) is 7.36. The first-order valence-corrected chi connectivity index (χ1v) is 7.36. The molecule has 1 fully saturated rings. The van der Waals surface area contributed by atoms with Crippen molar-refractivity contribution < 1.29 is 4.74 Å². The van der Waals surface area contributed by atoms with Gasteiger partial charge in [0.1, 0.15) is 5.75 Å². The van der Waals surface area contributed by atoms with Gasteiger partial charge in [0.25, 0.3) is 0 Å². The highest BCUT2D eigenvalue weighted by molar-refractivity contribution is 5.50. The molecule has 2 nitrogen and oxygen atoms in total. The Morgan fingerprint density at radius 3 is 2.05 bits per heavy atom. The Labute approximate surface area is 117 Å². The summed E-state index contributed by atoms with van der Waals surface area (Å²) in [5, 5.41) is 0. The standard InChI is InChI=1S/C17H27NO/c1-11(2)13-6-7-14(12(3)4)16(19-5)15(13)10-17(18)8-9-17/h6-7,11-12H,8-10,18H2,1-5H3. The fourth-order valence-electron chi connectivity index (χ4n) is 2.77. The normalized spacial score (nSPS) is 17.1. The van der Waals surface area contributed by atoms with Gasteiger partial charge < -0.3 is 10.5 Å². The van der Waals surface area contributed by atoms with Gasteiger partial charge >= 0.3 is 0 Å². The minimum atomic E-state index is 0.0204. The van der Waals surface area contributed by atoms with E-state index < -0.39 is 0 Å². The van der Waals surface area contributed by atoms with Crippen LogP contribution >= 0.6 is 0 Å². The third kappa shape index (κ3) is 2.94. The van der Waals surface area contributed by atoms with Crippen molar-refractivity contribution in [1.82, 2.24) is 0 Å². The summed E-state index contributed by atoms with van der Waals surface area (Å²) in [5.41, 5.74) is 10.4. The van der Waals surface area contributed by atoms with Crippen LogP contribution in [0.3, 0.4) is 0 Å². The van der Waals surface area contributed by atoms with Gasteiger partial charge in [-0.15, -0.1) is 0 Å². The molecule has 1 aromatic carbocycles. The van der Waals surface area contributed by atoms with Gasteiger partial charge in [-0.05, 0) is 47.8 Å². The van der Waals surface area contributed by atoms with Crippen LogP contribution in [0.5, 0.6) is 5.75 Å². The minimum Gasteiger partial charge on any atom is -0.496 e. The smallest absolute Gasteiger partial charge is 0.125 e. The van der Waals surface area contributed by atoms with Crippen LogP contribution in [0.1, 0.15) is 69.1 Å². The molecule has 0 saturated heterocycles. The lowest BCUT2D eigenvalue weighted by atomic mass is 9.87. The zero-order valence-electron chi connectivity index (χ0n) is 12.9. The maximum atomic E-state index is 6.34. The molecule has 1 aromatic rings. The molecule has 2 heteroatoms. The van der Waals surface area contributed by atoms with E-state index in [-0.39, 0.29) is 5.54 Å². The molecule has 0 bridgehead atoms. The summed E-state index contributed by atoms with van der Waals surface area (Å²) in [5.74, 6) is 2.05. The van der Waals surface area contributed by atoms with Gasteiger partial charge in [-0.3, -0.25) is 0 Å². The third-order valence-corrected chi connectivity index (χ3v) is 4.20. The lowest BCUT2D eigenvalue weighted by Crippen LogP contribution is -2.26. The van der Waals surface area contributed by atoms with Gasteiger partial charge in [-0.25, -0.2) is 0 Å². The Morgan fingerprint density at radius 2 is 1.63 bits per heavy atom. The number of ether oxygens (including phenoxy) is 1. The second-order valence-corrected chi connectivity index (χ2v) is 6.60. The lowest BCUT2D eigenvalue weighted by Gasteiger charge is -2.23. The molecule has 0 heterocycles. The number of nitrogens with two attached hydrogens (primary N) is 1. The van der Waals surface area contributed by atoms with Crippen LogP contribution in [0.4, 0.5) is 0 Å². The molecular weight excluding hydrogens is 234 g/mol. The molecule has 1 aliphatic rings. The third-order valence-electron chi connectivity index (χ3n) is 4.20. The van der Waals surface area contributed by atoms with Crippen LogP contribution in [0.2, 0.25) is 0 Å². The lowest BCUT2D eigenvalue weighted by molar-refractivity contribution is 0.398. The van der Waals surface area contributed by atoms with Crippen molar-refractivity contribution in [2.75, 3.05) is 7.11 Å². The molecule has 0 atom stereocenters. The van der Waals surface area contributed by atoms with Gasteiger partial charge in [0, 0.05) is 5.54 Å². The first kappa shape index (κ1) is 14.4. The van der Waals surface area contributed by atoms with Crippen molar-refractivity contribution in [3.8, 4) is 5.75 Å². The van der Waals surface area contributed by atoms with E-state index in [0.29, 0.717) is 11.8 Å². The molecule has 19 heavy (non-hydrogen) atoms. The highest BCUT2D eigenvalue weighted by Crippen LogP contribution is 2.42. The highest BCUT2D eigenvalue weighted by atomic mass is 16.5. The highest BCUT2D eigenvalue weighted by Gasteiger charge is 2.39. The zero-order valence-corrected chi connectivity index (χ0v) is 12.9. The Hall–Kier alpha value is -1.02. The average molecular weight is 261 g/mol. The number of hydrogen-bond acceptors (Lipinski definition) is 2. The summed E-state index contributed by atoms with van der Waals surface area (Å²) in [6.45, 7) is 8.91. The van der Waals surface area contributed by atoms with E-state index in [1.165, 1.54) is 16.7 Å². The molecule has 0 amide bonds. The molecule has 2 N–H and O–H groups in total. The average Bonchev–Trinajstić information content (AvgIpc) is 3.05. The van der Waals surface area contributed by atoms with Crippen molar-refractivity contribution in [3.63, 3.8) is 0 Å². The van der Waals surface area contributed by atoms with E-state index >= 15 is 0 Å². The molecule has 0 aliphatic heterocycles. The molecule has 0 spiro atoms. The topological polar surface area (TPSA) is 35.2 Å². The SMILES string of the molecule is COc1c(C(C)C)ccc(C(C)C)c1CC1(N)CC1. The maximum Gasteiger partial charge on any atom is 0.125 e. The Kier molecular flexibility index (Phi) is 3.91. The fraction of sp³-hybridized carbons (Fsp3) is 0.647. The van der Waals surface area contributed by atoms with Crippen LogP contribution in [-0.4, -0.2) is 12.6 Å². The molecular formula is C17H27NO. The van der Waals surface area contributed by atoms with E-state index in [2.05, 4.69) is 39.8 Å². The predicted octanol–water partition coefficient (Wildman–Crippen LogP) is 3.98. The number of rotatable bonds is 5. The summed E-state index contributed by atoms with van der Waals surface area (Å²) < 4.78 is 5.75. The van der Waals surface area contributed by atoms with Crippen molar-refractivity contribution in [1.29, 1.82) is 0 Å². The summed E-state index contributed by atoms with van der Waals surface area (Å²) in [6, 6.07) is 4.49. The van der Waals surface area contributed by atoms with Gasteiger partial charge in [0.15, 0.2) is 0 Å². The van der Waals surface area contributed by atoms with E-state index in [1.54, 1.807) is 7.11 Å². The van der Waals surface area contributed by atoms with Crippen LogP contribution < -0.4 is 10.5 Å². The molecule has 0 aromatic heterocycles. The van der Waals surface area contributed by atoms with Crippen LogP contribution in [0.15, 0.2) is 12.1 Å². The van der Waals surface area contributed by atoms with E-state index in [4.69, 9.17) is 10.5 Å². The number of methoxy groups -OCH3 is 1. The second kappa shape index (κ2) is 5.16. The van der Waals surface area contributed by atoms with Gasteiger partial charge in [-0.2, -0.15) is 0 Å². The van der Waals surface area contributed by atoms with Crippen LogP contribution in [-0.2, 0) is 6.42 Å². The first-order chi connectivity index (χ1) is 8.88. The number of benzene rings is 1. The largest absolute Gasteiger partial charge is 0.496 e. The maximum absolute atomic E-state index is 6.34. The summed E-state index contributed by atoms with van der Waals surface area (Å²) in [4.78, 5) is 0. The molecule has 0 radical (unpaired) electrons. The van der Waals surface area contributed by atoms with Gasteiger partial charge in [-0.1, -0.05) is 39.8 Å². The van der Waals surface area contributed by atoms with E-state index in [1.807, 2.05) is 0 Å². The van der Waals surface area contributed by atoms with Crippen LogP contribution in [0.25, 0.3) is 0 Å². The fourth-order valence-corrected chi connectivity index (χ4v) is 2.77. The number of hydrogen-bond donors (Lipinski definition) is 1. The van der Waals surface area contributed by atoms with Crippen molar-refractivity contribution in [2.24, 2.45) is 5.73 Å². The molecule has 1 saturated carbocycles. The zero-order chi connectivity index (χ0) is 14.2. The molecule has 106 valence electrons. The second-order valence-electron chi connectivity index (χ2n) is 6.60. The summed E-state index contributed by atoms with van der Waals surface area (Å²) in [7, 11) is 1.78. The van der Waals surface area contributed by atoms with Crippen molar-refractivity contribution >= 4 is 0 Å². The summed E-state index contributed by atoms with van der Waals surface area (Å²) >= 11 is 0. The Bertz CT molecular complexity index is 459. The molecule has 0 unspecified atom stereocenters. The Morgan fingerprint density at radius 1 is 1.11 bits per heavy atom. The monoisotopic (exact) mass is 261 g/mol. The van der Waals surface area contributed by atoms with E-state index in [9.17, 15) is 0 Å². The van der Waals surface area contributed by atoms with Crippen molar-refractivity contribution in [2.45, 2.75) is 64.3 Å². The summed E-state index contributed by atoms with van der Waals surface area (Å²) in [6.07, 6.45) is 3.23. The van der Waals surface area contributed by atoms with Gasteiger partial charge in [0.05, 0.1) is 7.11 Å². The Balaban J connectivity index is 2.52. The van der Waals surface area contributed by atoms with E-state index in [0.717, 1.165) is 25.0 Å². The quantitative estimate of drug-likeness (QED) is 0.870. The molecule has 1 aliphatic carbocycles. The molecule has 2 rings (SSSR count).